The van der Waals surface area contributed by atoms with Gasteiger partial charge in [0, 0.05) is 50.6 Å². The van der Waals surface area contributed by atoms with Crippen molar-refractivity contribution in [3.63, 3.8) is 0 Å². The first-order chi connectivity index (χ1) is 24.3. The molecule has 0 fully saturated rings. The van der Waals surface area contributed by atoms with Crippen molar-refractivity contribution >= 4 is 61.0 Å². The average Bonchev–Trinajstić information content (AvgIpc) is 3.50. The van der Waals surface area contributed by atoms with Crippen molar-refractivity contribution in [2.45, 2.75) is 12.8 Å². The molecule has 0 spiro atoms. The third-order valence-corrected chi connectivity index (χ3v) is 9.56. The van der Waals surface area contributed by atoms with Crippen LogP contribution in [0.5, 0.6) is 0 Å². The molecule has 3 heteroatoms. The van der Waals surface area contributed by atoms with Crippen molar-refractivity contribution in [2.24, 2.45) is 0 Å². The highest BCUT2D eigenvalue weighted by Crippen LogP contribution is 2.42. The van der Waals surface area contributed by atoms with Gasteiger partial charge in [0.05, 0.1) is 11.0 Å². The summed E-state index contributed by atoms with van der Waals surface area (Å²) in [6.07, 6.45) is 8.73. The van der Waals surface area contributed by atoms with E-state index in [9.17, 15) is 0 Å². The van der Waals surface area contributed by atoms with Crippen LogP contribution in [0.15, 0.2) is 194 Å². The van der Waals surface area contributed by atoms with Crippen LogP contribution in [0.1, 0.15) is 12.8 Å². The smallest absolute Gasteiger partial charge is 0.0542 e. The molecule has 0 saturated heterocycles. The summed E-state index contributed by atoms with van der Waals surface area (Å²) in [5.41, 5.74) is 10.5. The van der Waals surface area contributed by atoms with E-state index in [1.165, 1.54) is 44.0 Å². The lowest BCUT2D eigenvalue weighted by Gasteiger charge is -2.29. The van der Waals surface area contributed by atoms with E-state index in [0.29, 0.717) is 0 Å². The highest BCUT2D eigenvalue weighted by molar-refractivity contribution is 6.12. The molecule has 8 aromatic rings. The number of aromatic nitrogens is 1. The first-order valence-corrected chi connectivity index (χ1v) is 17.0. The van der Waals surface area contributed by atoms with Crippen molar-refractivity contribution in [1.82, 2.24) is 4.57 Å². The monoisotopic (exact) mass is 629 g/mol. The maximum Gasteiger partial charge on any atom is 0.0542 e. The predicted octanol–water partition coefficient (Wildman–Crippen LogP) is 12.8. The summed E-state index contributed by atoms with van der Waals surface area (Å²) in [6.45, 7) is 0. The number of allylic oxidation sites excluding steroid dienone is 4. The third kappa shape index (κ3) is 5.26. The minimum atomic E-state index is 0.996. The molecule has 0 radical (unpaired) electrons. The van der Waals surface area contributed by atoms with Gasteiger partial charge in [0.15, 0.2) is 0 Å². The van der Waals surface area contributed by atoms with Gasteiger partial charge in [-0.05, 0) is 115 Å². The summed E-state index contributed by atoms with van der Waals surface area (Å²) in [4.78, 5) is 4.77. The average molecular weight is 630 g/mol. The maximum atomic E-state index is 2.43. The summed E-state index contributed by atoms with van der Waals surface area (Å²) < 4.78 is 2.43. The molecule has 0 bridgehead atoms. The van der Waals surface area contributed by atoms with E-state index in [-0.39, 0.29) is 0 Å². The van der Waals surface area contributed by atoms with Crippen molar-refractivity contribution < 1.29 is 0 Å². The number of rotatable bonds is 7. The standard InChI is InChI=1S/C46H35N3/c1-5-17-36(18-6-1)47(37-19-7-2-8-20-37)41-27-29-45-43(32-41)44-33-42(48(38-21-9-3-10-22-38)39-23-11-4-12-24-39)28-30-46(44)49(45)40-26-25-34-15-13-14-16-35(34)31-40/h1-11,13-23,25-33H,12,24H2. The molecular weight excluding hydrogens is 595 g/mol. The zero-order valence-electron chi connectivity index (χ0n) is 27.2. The van der Waals surface area contributed by atoms with Crippen molar-refractivity contribution in [3.8, 4) is 5.69 Å². The number of nitrogens with zero attached hydrogens (tertiary/aromatic N) is 3. The van der Waals surface area contributed by atoms with Crippen LogP contribution in [0, 0.1) is 0 Å². The fourth-order valence-corrected chi connectivity index (χ4v) is 7.31. The minimum absolute atomic E-state index is 0.996. The number of anilines is 5. The van der Waals surface area contributed by atoms with E-state index in [2.05, 4.69) is 202 Å². The number of hydrogen-bond donors (Lipinski definition) is 0. The summed E-state index contributed by atoms with van der Waals surface area (Å²) >= 11 is 0. The highest BCUT2D eigenvalue weighted by atomic mass is 15.2. The molecule has 1 aliphatic rings. The van der Waals surface area contributed by atoms with Gasteiger partial charge in [0.2, 0.25) is 0 Å². The molecule has 0 unspecified atom stereocenters. The lowest BCUT2D eigenvalue weighted by molar-refractivity contribution is 0.918. The molecule has 7 aromatic carbocycles. The van der Waals surface area contributed by atoms with Gasteiger partial charge in [-0.1, -0.05) is 97.1 Å². The van der Waals surface area contributed by atoms with Gasteiger partial charge in [-0.2, -0.15) is 0 Å². The highest BCUT2D eigenvalue weighted by Gasteiger charge is 2.21. The Labute approximate surface area is 286 Å². The lowest BCUT2D eigenvalue weighted by atomic mass is 10.1. The molecule has 0 saturated carbocycles. The van der Waals surface area contributed by atoms with Gasteiger partial charge < -0.3 is 14.4 Å². The number of fused-ring (bicyclic) bond motifs is 4. The molecule has 49 heavy (non-hydrogen) atoms. The van der Waals surface area contributed by atoms with E-state index >= 15 is 0 Å². The molecule has 9 rings (SSSR count). The Morgan fingerprint density at radius 3 is 1.53 bits per heavy atom. The second-order valence-electron chi connectivity index (χ2n) is 12.6. The fraction of sp³-hybridized carbons (Fsp3) is 0.0435. The first kappa shape index (κ1) is 28.9. The van der Waals surface area contributed by atoms with E-state index in [1.54, 1.807) is 0 Å². The largest absolute Gasteiger partial charge is 0.314 e. The molecule has 1 aromatic heterocycles. The van der Waals surface area contributed by atoms with Crippen LogP contribution in [0.4, 0.5) is 28.4 Å². The third-order valence-electron chi connectivity index (χ3n) is 9.56. The Kier molecular flexibility index (Phi) is 7.29. The molecule has 0 aliphatic heterocycles. The number of para-hydroxylation sites is 3. The van der Waals surface area contributed by atoms with Gasteiger partial charge >= 0.3 is 0 Å². The lowest BCUT2D eigenvalue weighted by Crippen LogP contribution is -2.17. The van der Waals surface area contributed by atoms with E-state index in [4.69, 9.17) is 0 Å². The van der Waals surface area contributed by atoms with Gasteiger partial charge in [0.25, 0.3) is 0 Å². The van der Waals surface area contributed by atoms with Gasteiger partial charge in [-0.3, -0.25) is 0 Å². The van der Waals surface area contributed by atoms with E-state index in [0.717, 1.165) is 41.3 Å². The summed E-state index contributed by atoms with van der Waals surface area (Å²) in [5.74, 6) is 0. The molecule has 1 heterocycles. The Morgan fingerprint density at radius 2 is 0.959 bits per heavy atom. The Bertz CT molecular complexity index is 2450. The fourth-order valence-electron chi connectivity index (χ4n) is 7.31. The normalized spacial score (nSPS) is 12.8. The van der Waals surface area contributed by atoms with Crippen molar-refractivity contribution in [3.05, 3.63) is 194 Å². The summed E-state index contributed by atoms with van der Waals surface area (Å²) in [5, 5.41) is 4.91. The van der Waals surface area contributed by atoms with Crippen molar-refractivity contribution in [1.29, 1.82) is 0 Å². The van der Waals surface area contributed by atoms with Crippen LogP contribution in [-0.4, -0.2) is 4.57 Å². The van der Waals surface area contributed by atoms with E-state index in [1.807, 2.05) is 0 Å². The van der Waals surface area contributed by atoms with Gasteiger partial charge in [-0.15, -0.1) is 0 Å². The van der Waals surface area contributed by atoms with Crippen LogP contribution in [0.25, 0.3) is 38.3 Å². The summed E-state index contributed by atoms with van der Waals surface area (Å²) in [6, 6.07) is 61.3. The quantitative estimate of drug-likeness (QED) is 0.174. The SMILES string of the molecule is C1=CCCC(N(c2ccccc2)c2ccc3c(c2)c2cc(N(c4ccccc4)c4ccccc4)ccc2n3-c2ccc3ccccc3c2)=C1. The van der Waals surface area contributed by atoms with Crippen LogP contribution >= 0.6 is 0 Å². The maximum absolute atomic E-state index is 2.43. The van der Waals surface area contributed by atoms with Crippen LogP contribution < -0.4 is 9.80 Å². The first-order valence-electron chi connectivity index (χ1n) is 17.0. The number of hydrogen-bond acceptors (Lipinski definition) is 2. The topological polar surface area (TPSA) is 11.4 Å². The molecular formula is C46H35N3. The Morgan fingerprint density at radius 1 is 0.429 bits per heavy atom. The molecule has 1 aliphatic carbocycles. The van der Waals surface area contributed by atoms with Crippen LogP contribution in [-0.2, 0) is 0 Å². The second-order valence-corrected chi connectivity index (χ2v) is 12.6. The molecule has 0 N–H and O–H groups in total. The Balaban J connectivity index is 1.31. The van der Waals surface area contributed by atoms with E-state index < -0.39 is 0 Å². The predicted molar refractivity (Wildman–Crippen MR) is 208 cm³/mol. The Hall–Kier alpha value is -6.32. The van der Waals surface area contributed by atoms with Gasteiger partial charge in [-0.25, -0.2) is 0 Å². The molecule has 234 valence electrons. The van der Waals surface area contributed by atoms with Gasteiger partial charge in [0.1, 0.15) is 0 Å². The molecule has 0 amide bonds. The summed E-state index contributed by atoms with van der Waals surface area (Å²) in [7, 11) is 0. The zero-order chi connectivity index (χ0) is 32.6. The van der Waals surface area contributed by atoms with Crippen molar-refractivity contribution in [2.75, 3.05) is 9.80 Å². The number of benzene rings is 7. The van der Waals surface area contributed by atoms with Crippen LogP contribution in [0.3, 0.4) is 0 Å². The van der Waals surface area contributed by atoms with Crippen LogP contribution in [0.2, 0.25) is 0 Å². The second kappa shape index (κ2) is 12.4. The zero-order valence-corrected chi connectivity index (χ0v) is 27.2. The molecule has 0 atom stereocenters. The molecule has 3 nitrogen and oxygen atoms in total. The minimum Gasteiger partial charge on any atom is -0.314 e.